The summed E-state index contributed by atoms with van der Waals surface area (Å²) in [6, 6.07) is 15.5. The maximum Gasteiger partial charge on any atom is 0.247 e. The molecule has 0 unspecified atom stereocenters. The van der Waals surface area contributed by atoms with Crippen LogP contribution in [-0.2, 0) is 9.63 Å². The van der Waals surface area contributed by atoms with Crippen molar-refractivity contribution in [3.05, 3.63) is 73.1 Å². The standard InChI is InChI=1S/C27H32N6O4/c1-5-27(34)31-21-15-20(23(35-4)16-24(21)36-14-12-32(2)3)30-25-17-26(29-18-28-25)33-22(11-13-37-33)19-9-7-6-8-10-19/h5-10,15-18,22H,1,11-14H2,2-4H3,(H,31,34)(H,28,29,30)/t22-/m1/s1. The summed E-state index contributed by atoms with van der Waals surface area (Å²) in [6.45, 7) is 5.29. The Hall–Kier alpha value is -4.15. The number of amides is 1. The fourth-order valence-corrected chi connectivity index (χ4v) is 3.91. The summed E-state index contributed by atoms with van der Waals surface area (Å²) in [5, 5.41) is 7.90. The number of benzene rings is 2. The number of ether oxygens (including phenoxy) is 2. The van der Waals surface area contributed by atoms with Gasteiger partial charge in [0, 0.05) is 25.1 Å². The van der Waals surface area contributed by atoms with Crippen molar-refractivity contribution in [2.75, 3.05) is 56.7 Å². The minimum Gasteiger partial charge on any atom is -0.494 e. The summed E-state index contributed by atoms with van der Waals surface area (Å²) in [6.07, 6.45) is 3.54. The highest BCUT2D eigenvalue weighted by Crippen LogP contribution is 2.39. The van der Waals surface area contributed by atoms with E-state index in [4.69, 9.17) is 14.3 Å². The van der Waals surface area contributed by atoms with E-state index in [0.717, 1.165) is 12.0 Å². The van der Waals surface area contributed by atoms with Crippen molar-refractivity contribution >= 4 is 28.9 Å². The van der Waals surface area contributed by atoms with E-state index < -0.39 is 0 Å². The van der Waals surface area contributed by atoms with Gasteiger partial charge in [-0.1, -0.05) is 36.9 Å². The normalized spacial score (nSPS) is 14.9. The summed E-state index contributed by atoms with van der Waals surface area (Å²) in [5.74, 6) is 1.82. The number of rotatable bonds is 11. The Morgan fingerprint density at radius 1 is 1.19 bits per heavy atom. The number of likely N-dealkylation sites (N-methyl/N-ethyl adjacent to an activating group) is 1. The van der Waals surface area contributed by atoms with Crippen LogP contribution >= 0.6 is 0 Å². The molecule has 0 radical (unpaired) electrons. The monoisotopic (exact) mass is 504 g/mol. The van der Waals surface area contributed by atoms with E-state index in [1.807, 2.05) is 48.3 Å². The second-order valence-corrected chi connectivity index (χ2v) is 8.65. The van der Waals surface area contributed by atoms with Gasteiger partial charge in [0.25, 0.3) is 0 Å². The van der Waals surface area contributed by atoms with Crippen LogP contribution in [0.1, 0.15) is 18.0 Å². The van der Waals surface area contributed by atoms with Crippen LogP contribution in [0.25, 0.3) is 0 Å². The molecule has 2 heterocycles. The van der Waals surface area contributed by atoms with E-state index in [2.05, 4.69) is 39.3 Å². The number of nitrogens with zero attached hydrogens (tertiary/aromatic N) is 4. The molecule has 0 bridgehead atoms. The van der Waals surface area contributed by atoms with E-state index in [9.17, 15) is 4.79 Å². The number of aromatic nitrogens is 2. The SMILES string of the molecule is C=CC(=O)Nc1cc(Nc2cc(N3OCC[C@@H]3c3ccccc3)ncn2)c(OC)cc1OCCN(C)C. The summed E-state index contributed by atoms with van der Waals surface area (Å²) in [7, 11) is 5.49. The fourth-order valence-electron chi connectivity index (χ4n) is 3.91. The van der Waals surface area contributed by atoms with Crippen LogP contribution in [0.3, 0.4) is 0 Å². The molecule has 3 aromatic rings. The Labute approximate surface area is 216 Å². The lowest BCUT2D eigenvalue weighted by Crippen LogP contribution is -2.22. The van der Waals surface area contributed by atoms with Crippen LogP contribution < -0.4 is 25.2 Å². The van der Waals surface area contributed by atoms with E-state index in [1.54, 1.807) is 19.2 Å². The Morgan fingerprint density at radius 3 is 2.73 bits per heavy atom. The Balaban J connectivity index is 1.60. The first-order valence-electron chi connectivity index (χ1n) is 12.0. The largest absolute Gasteiger partial charge is 0.494 e. The van der Waals surface area contributed by atoms with E-state index in [-0.39, 0.29) is 11.9 Å². The molecule has 0 spiro atoms. The topological polar surface area (TPSA) is 101 Å². The molecule has 2 aromatic carbocycles. The van der Waals surface area contributed by atoms with Crippen molar-refractivity contribution in [1.82, 2.24) is 14.9 Å². The highest BCUT2D eigenvalue weighted by Gasteiger charge is 2.29. The quantitative estimate of drug-likeness (QED) is 0.373. The smallest absolute Gasteiger partial charge is 0.247 e. The third-order valence-corrected chi connectivity index (χ3v) is 5.77. The van der Waals surface area contributed by atoms with Crippen LogP contribution in [0.4, 0.5) is 23.0 Å². The average molecular weight is 505 g/mol. The Bertz CT molecular complexity index is 1220. The highest BCUT2D eigenvalue weighted by atomic mass is 16.7. The first-order chi connectivity index (χ1) is 18.0. The number of carbonyl (C=O) groups is 1. The predicted octanol–water partition coefficient (Wildman–Crippen LogP) is 4.18. The Kier molecular flexibility index (Phi) is 8.55. The van der Waals surface area contributed by atoms with Crippen LogP contribution in [0.2, 0.25) is 0 Å². The maximum absolute atomic E-state index is 12.1. The van der Waals surface area contributed by atoms with Crippen molar-refractivity contribution < 1.29 is 19.1 Å². The molecule has 1 fully saturated rings. The zero-order valence-electron chi connectivity index (χ0n) is 21.3. The zero-order chi connectivity index (χ0) is 26.2. The third kappa shape index (κ3) is 6.54. The van der Waals surface area contributed by atoms with Crippen LogP contribution in [0, 0.1) is 0 Å². The molecule has 1 amide bonds. The first kappa shape index (κ1) is 25.9. The number of hydrogen-bond donors (Lipinski definition) is 2. The number of anilines is 4. The zero-order valence-corrected chi connectivity index (χ0v) is 21.3. The van der Waals surface area contributed by atoms with Crippen LogP contribution in [0.5, 0.6) is 11.5 Å². The molecule has 37 heavy (non-hydrogen) atoms. The highest BCUT2D eigenvalue weighted by molar-refractivity contribution is 6.00. The Morgan fingerprint density at radius 2 is 2.00 bits per heavy atom. The molecule has 10 nitrogen and oxygen atoms in total. The molecule has 1 aliphatic rings. The molecular weight excluding hydrogens is 472 g/mol. The molecule has 1 aromatic heterocycles. The number of nitrogens with one attached hydrogen (secondary N) is 2. The lowest BCUT2D eigenvalue weighted by molar-refractivity contribution is -0.111. The van der Waals surface area contributed by atoms with Crippen molar-refractivity contribution in [3.63, 3.8) is 0 Å². The fraction of sp³-hybridized carbons (Fsp3) is 0.296. The van der Waals surface area contributed by atoms with Gasteiger partial charge in [0.1, 0.15) is 30.3 Å². The molecule has 10 heteroatoms. The van der Waals surface area contributed by atoms with E-state index >= 15 is 0 Å². The van der Waals surface area contributed by atoms with Gasteiger partial charge < -0.3 is 25.0 Å². The molecule has 1 aliphatic heterocycles. The molecular formula is C27H32N6O4. The van der Waals surface area contributed by atoms with Gasteiger partial charge >= 0.3 is 0 Å². The van der Waals surface area contributed by atoms with Gasteiger partial charge in [-0.25, -0.2) is 15.0 Å². The summed E-state index contributed by atoms with van der Waals surface area (Å²) >= 11 is 0. The van der Waals surface area contributed by atoms with E-state index in [0.29, 0.717) is 54.3 Å². The van der Waals surface area contributed by atoms with Gasteiger partial charge in [0.15, 0.2) is 5.82 Å². The summed E-state index contributed by atoms with van der Waals surface area (Å²) in [5.41, 5.74) is 2.23. The lowest BCUT2D eigenvalue weighted by atomic mass is 10.0. The predicted molar refractivity (Wildman–Crippen MR) is 143 cm³/mol. The maximum atomic E-state index is 12.1. The number of methoxy groups -OCH3 is 1. The van der Waals surface area contributed by atoms with Gasteiger partial charge in [-0.15, -0.1) is 0 Å². The van der Waals surface area contributed by atoms with Crippen LogP contribution in [0.15, 0.2) is 67.5 Å². The summed E-state index contributed by atoms with van der Waals surface area (Å²) in [4.78, 5) is 28.8. The van der Waals surface area contributed by atoms with Gasteiger partial charge in [-0.3, -0.25) is 9.63 Å². The average Bonchev–Trinajstić information content (AvgIpc) is 3.40. The van der Waals surface area contributed by atoms with Gasteiger partial charge in [0.2, 0.25) is 5.91 Å². The van der Waals surface area contributed by atoms with Gasteiger partial charge in [-0.2, -0.15) is 0 Å². The van der Waals surface area contributed by atoms with Crippen molar-refractivity contribution in [3.8, 4) is 11.5 Å². The molecule has 4 rings (SSSR count). The second-order valence-electron chi connectivity index (χ2n) is 8.65. The first-order valence-corrected chi connectivity index (χ1v) is 12.0. The lowest BCUT2D eigenvalue weighted by Gasteiger charge is -2.24. The number of carbonyl (C=O) groups excluding carboxylic acids is 1. The van der Waals surface area contributed by atoms with Gasteiger partial charge in [0.05, 0.1) is 31.1 Å². The summed E-state index contributed by atoms with van der Waals surface area (Å²) < 4.78 is 11.5. The van der Waals surface area contributed by atoms with E-state index in [1.165, 1.54) is 12.4 Å². The number of hydroxylamine groups is 1. The third-order valence-electron chi connectivity index (χ3n) is 5.77. The molecule has 0 saturated carbocycles. The van der Waals surface area contributed by atoms with Crippen molar-refractivity contribution in [2.24, 2.45) is 0 Å². The molecule has 2 N–H and O–H groups in total. The number of hydrogen-bond acceptors (Lipinski definition) is 9. The minimum atomic E-state index is -0.351. The minimum absolute atomic E-state index is 0.0535. The van der Waals surface area contributed by atoms with Gasteiger partial charge in [-0.05, 0) is 31.8 Å². The molecule has 1 saturated heterocycles. The second kappa shape index (κ2) is 12.2. The molecule has 1 atom stereocenters. The molecule has 0 aliphatic carbocycles. The van der Waals surface area contributed by atoms with Crippen LogP contribution in [-0.4, -0.2) is 61.7 Å². The molecule has 194 valence electrons. The van der Waals surface area contributed by atoms with Crippen molar-refractivity contribution in [1.29, 1.82) is 0 Å². The van der Waals surface area contributed by atoms with Crippen molar-refractivity contribution in [2.45, 2.75) is 12.5 Å².